The monoisotopic (exact) mass is 350 g/mol. The van der Waals surface area contributed by atoms with Crippen molar-refractivity contribution in [1.82, 2.24) is 4.98 Å². The van der Waals surface area contributed by atoms with Crippen molar-refractivity contribution >= 4 is 16.9 Å². The van der Waals surface area contributed by atoms with Crippen molar-refractivity contribution < 1.29 is 14.6 Å². The molecule has 0 unspecified atom stereocenters. The molecule has 3 rings (SSSR count). The molecule has 0 bridgehead atoms. The Hall–Kier alpha value is -2.92. The number of hydrogen-bond donors (Lipinski definition) is 2. The summed E-state index contributed by atoms with van der Waals surface area (Å²) in [6.07, 6.45) is 1.50. The maximum absolute atomic E-state index is 11.7. The number of nitrogens with zero attached hydrogens (tertiary/aromatic N) is 1. The molecule has 1 aromatic heterocycles. The minimum atomic E-state index is -1.03. The van der Waals surface area contributed by atoms with Gasteiger partial charge in [-0.05, 0) is 49.1 Å². The van der Waals surface area contributed by atoms with E-state index in [1.807, 2.05) is 48.5 Å². The normalized spacial score (nSPS) is 10.8. The molecule has 0 fully saturated rings. The van der Waals surface area contributed by atoms with Crippen molar-refractivity contribution in [2.75, 3.05) is 6.54 Å². The first kappa shape index (κ1) is 17.9. The van der Waals surface area contributed by atoms with Gasteiger partial charge < -0.3 is 15.6 Å². The molecule has 3 N–H and O–H groups in total. The molecule has 0 aliphatic rings. The average molecular weight is 350 g/mol. The van der Waals surface area contributed by atoms with Crippen LogP contribution in [0, 0.1) is 6.92 Å². The minimum absolute atomic E-state index is 0.0697. The van der Waals surface area contributed by atoms with Crippen LogP contribution < -0.4 is 10.5 Å². The summed E-state index contributed by atoms with van der Waals surface area (Å²) >= 11 is 0. The van der Waals surface area contributed by atoms with E-state index >= 15 is 0 Å². The van der Waals surface area contributed by atoms with Gasteiger partial charge in [0.25, 0.3) is 0 Å². The van der Waals surface area contributed by atoms with E-state index in [0.717, 1.165) is 22.9 Å². The van der Waals surface area contributed by atoms with Crippen molar-refractivity contribution in [3.63, 3.8) is 0 Å². The fraction of sp³-hybridized carbons (Fsp3) is 0.238. The Balaban J connectivity index is 2.06. The third-order valence-corrected chi connectivity index (χ3v) is 4.43. The Kier molecular flexibility index (Phi) is 5.49. The van der Waals surface area contributed by atoms with Crippen molar-refractivity contribution in [3.05, 3.63) is 70.9 Å². The lowest BCUT2D eigenvalue weighted by Gasteiger charge is -2.15. The van der Waals surface area contributed by atoms with E-state index in [1.165, 1.54) is 0 Å². The molecule has 5 heteroatoms. The van der Waals surface area contributed by atoms with Gasteiger partial charge in [-0.3, -0.25) is 0 Å². The van der Waals surface area contributed by atoms with E-state index in [9.17, 15) is 9.90 Å². The first-order chi connectivity index (χ1) is 12.6. The third kappa shape index (κ3) is 3.68. The smallest absolute Gasteiger partial charge is 0.354 e. The third-order valence-electron chi connectivity index (χ3n) is 4.43. The number of aromatic carboxylic acids is 1. The van der Waals surface area contributed by atoms with E-state index in [-0.39, 0.29) is 5.69 Å². The maximum atomic E-state index is 11.7. The lowest BCUT2D eigenvalue weighted by atomic mass is 9.97. The van der Waals surface area contributed by atoms with Gasteiger partial charge in [0.05, 0.1) is 0 Å². The molecule has 0 radical (unpaired) electrons. The first-order valence-electron chi connectivity index (χ1n) is 8.64. The number of nitrogens with two attached hydrogens (primary N) is 1. The van der Waals surface area contributed by atoms with E-state index in [1.54, 1.807) is 6.92 Å². The van der Waals surface area contributed by atoms with Crippen molar-refractivity contribution in [2.45, 2.75) is 26.4 Å². The number of carboxylic acids is 1. The number of carboxylic acid groups (broad SMARTS) is 1. The molecule has 0 aliphatic heterocycles. The predicted molar refractivity (Wildman–Crippen MR) is 102 cm³/mol. The van der Waals surface area contributed by atoms with Gasteiger partial charge in [-0.15, -0.1) is 0 Å². The summed E-state index contributed by atoms with van der Waals surface area (Å²) in [5.41, 5.74) is 9.01. The van der Waals surface area contributed by atoms with E-state index in [4.69, 9.17) is 10.5 Å². The van der Waals surface area contributed by atoms with Crippen LogP contribution in [0.15, 0.2) is 48.5 Å². The lowest BCUT2D eigenvalue weighted by Crippen LogP contribution is -2.10. The molecule has 0 atom stereocenters. The molecule has 0 saturated carbocycles. The maximum Gasteiger partial charge on any atom is 0.354 e. The molecule has 0 saturated heterocycles. The van der Waals surface area contributed by atoms with Gasteiger partial charge in [0, 0.05) is 5.39 Å². The molecule has 26 heavy (non-hydrogen) atoms. The summed E-state index contributed by atoms with van der Waals surface area (Å²) < 4.78 is 5.96. The number of aromatic nitrogens is 1. The number of carbonyl (C=O) groups is 1. The predicted octanol–water partition coefficient (Wildman–Crippen LogP) is 3.71. The van der Waals surface area contributed by atoms with Gasteiger partial charge in [-0.25, -0.2) is 9.78 Å². The van der Waals surface area contributed by atoms with Gasteiger partial charge in [0.15, 0.2) is 5.69 Å². The Bertz CT molecular complexity index is 923. The summed E-state index contributed by atoms with van der Waals surface area (Å²) in [6.45, 7) is 2.76. The van der Waals surface area contributed by atoms with Crippen LogP contribution >= 0.6 is 0 Å². The summed E-state index contributed by atoms with van der Waals surface area (Å²) in [5.74, 6) is -0.445. The molecule has 0 amide bonds. The molecule has 5 nitrogen and oxygen atoms in total. The second-order valence-corrected chi connectivity index (χ2v) is 6.19. The van der Waals surface area contributed by atoms with Crippen LogP contribution in [0.5, 0.6) is 5.75 Å². The highest BCUT2D eigenvalue weighted by atomic mass is 16.5. The Morgan fingerprint density at radius 2 is 1.92 bits per heavy atom. The fourth-order valence-corrected chi connectivity index (χ4v) is 3.08. The van der Waals surface area contributed by atoms with Crippen LogP contribution in [-0.4, -0.2) is 22.6 Å². The first-order valence-corrected chi connectivity index (χ1v) is 8.64. The number of rotatable bonds is 7. The summed E-state index contributed by atoms with van der Waals surface area (Å²) in [7, 11) is 0. The largest absolute Gasteiger partial charge is 0.487 e. The van der Waals surface area contributed by atoms with E-state index in [0.29, 0.717) is 36.4 Å². The topological polar surface area (TPSA) is 85.4 Å². The molecule has 0 spiro atoms. The number of para-hydroxylation sites is 1. The number of ether oxygens (including phenoxy) is 1. The molecule has 1 heterocycles. The van der Waals surface area contributed by atoms with Gasteiger partial charge in [-0.1, -0.05) is 42.5 Å². The van der Waals surface area contributed by atoms with Crippen LogP contribution in [0.4, 0.5) is 0 Å². The zero-order valence-corrected chi connectivity index (χ0v) is 14.7. The molecule has 2 aromatic carbocycles. The van der Waals surface area contributed by atoms with Crippen LogP contribution in [-0.2, 0) is 13.0 Å². The minimum Gasteiger partial charge on any atom is -0.487 e. The fourth-order valence-electron chi connectivity index (χ4n) is 3.08. The summed E-state index contributed by atoms with van der Waals surface area (Å²) in [6, 6.07) is 15.5. The van der Waals surface area contributed by atoms with Gasteiger partial charge >= 0.3 is 5.97 Å². The van der Waals surface area contributed by atoms with Crippen molar-refractivity contribution in [2.24, 2.45) is 5.73 Å². The highest BCUT2D eigenvalue weighted by Gasteiger charge is 2.18. The molecule has 3 aromatic rings. The standard InChI is InChI=1S/C21H22N2O3/c1-14-16(10-6-12-22)17-9-5-11-18(20(17)23-19(14)21(24)25)26-13-15-7-3-2-4-8-15/h2-5,7-9,11H,6,10,12-13,22H2,1H3,(H,24,25). The van der Waals surface area contributed by atoms with Crippen LogP contribution in [0.3, 0.4) is 0 Å². The Morgan fingerprint density at radius 1 is 1.15 bits per heavy atom. The Labute approximate surface area is 152 Å². The highest BCUT2D eigenvalue weighted by molar-refractivity contribution is 5.95. The van der Waals surface area contributed by atoms with Crippen LogP contribution in [0.2, 0.25) is 0 Å². The second-order valence-electron chi connectivity index (χ2n) is 6.19. The van der Waals surface area contributed by atoms with Gasteiger partial charge in [-0.2, -0.15) is 0 Å². The molecule has 134 valence electrons. The van der Waals surface area contributed by atoms with Gasteiger partial charge in [0.2, 0.25) is 0 Å². The quantitative estimate of drug-likeness (QED) is 0.678. The molecule has 0 aliphatic carbocycles. The number of hydrogen-bond acceptors (Lipinski definition) is 4. The van der Waals surface area contributed by atoms with Crippen LogP contribution in [0.1, 0.15) is 33.6 Å². The zero-order chi connectivity index (χ0) is 18.5. The van der Waals surface area contributed by atoms with E-state index in [2.05, 4.69) is 4.98 Å². The van der Waals surface area contributed by atoms with Gasteiger partial charge in [0.1, 0.15) is 17.9 Å². The van der Waals surface area contributed by atoms with Crippen LogP contribution in [0.25, 0.3) is 10.9 Å². The summed E-state index contributed by atoms with van der Waals surface area (Å²) in [5, 5.41) is 10.5. The highest BCUT2D eigenvalue weighted by Crippen LogP contribution is 2.31. The lowest BCUT2D eigenvalue weighted by molar-refractivity contribution is 0.0690. The second kappa shape index (κ2) is 7.97. The number of pyridine rings is 1. The summed E-state index contributed by atoms with van der Waals surface area (Å²) in [4.78, 5) is 16.1. The molecular weight excluding hydrogens is 328 g/mol. The Morgan fingerprint density at radius 3 is 2.62 bits per heavy atom. The SMILES string of the molecule is Cc1c(C(=O)O)nc2c(OCc3ccccc3)cccc2c1CCCN. The molecular formula is C21H22N2O3. The average Bonchev–Trinajstić information content (AvgIpc) is 2.65. The van der Waals surface area contributed by atoms with Crippen molar-refractivity contribution in [1.29, 1.82) is 0 Å². The number of benzene rings is 2. The van der Waals surface area contributed by atoms with Crippen molar-refractivity contribution in [3.8, 4) is 5.75 Å². The number of aryl methyl sites for hydroxylation is 1. The van der Waals surface area contributed by atoms with E-state index < -0.39 is 5.97 Å². The zero-order valence-electron chi connectivity index (χ0n) is 14.7. The number of fused-ring (bicyclic) bond motifs is 1.